The molecule has 2 amide bonds. The van der Waals surface area contributed by atoms with Crippen LogP contribution in [0.15, 0.2) is 0 Å². The van der Waals surface area contributed by atoms with Crippen molar-refractivity contribution in [1.29, 1.82) is 0 Å². The summed E-state index contributed by atoms with van der Waals surface area (Å²) in [6, 6.07) is 0. The number of likely N-dealkylation sites (tertiary alicyclic amines) is 1. The molecule has 0 radical (unpaired) electrons. The van der Waals surface area contributed by atoms with E-state index in [1.54, 1.807) is 0 Å². The van der Waals surface area contributed by atoms with Crippen LogP contribution in [0.2, 0.25) is 0 Å². The molecule has 1 aliphatic rings. The first kappa shape index (κ1) is 14.2. The quantitative estimate of drug-likeness (QED) is 0.707. The lowest BCUT2D eigenvalue weighted by atomic mass is 9.90. The monoisotopic (exact) mass is 239 g/mol. The van der Waals surface area contributed by atoms with Gasteiger partial charge in [0.1, 0.15) is 0 Å². The van der Waals surface area contributed by atoms with Gasteiger partial charge in [0.05, 0.1) is 0 Å². The van der Waals surface area contributed by atoms with Crippen molar-refractivity contribution in [3.63, 3.8) is 0 Å². The second-order valence-electron chi connectivity index (χ2n) is 6.53. The first-order chi connectivity index (χ1) is 7.66. The van der Waals surface area contributed by atoms with E-state index in [4.69, 9.17) is 0 Å². The lowest BCUT2D eigenvalue weighted by Crippen LogP contribution is -2.48. The van der Waals surface area contributed by atoms with Gasteiger partial charge in [-0.1, -0.05) is 27.7 Å². The van der Waals surface area contributed by atoms with E-state index in [1.807, 2.05) is 27.7 Å². The summed E-state index contributed by atoms with van der Waals surface area (Å²) in [5.41, 5.74) is -0.355. The summed E-state index contributed by atoms with van der Waals surface area (Å²) in [7, 11) is 0. The Morgan fingerprint density at radius 3 is 2.12 bits per heavy atom. The summed E-state index contributed by atoms with van der Waals surface area (Å²) in [5, 5.41) is 0. The van der Waals surface area contributed by atoms with Gasteiger partial charge in [-0.3, -0.25) is 14.5 Å². The molecule has 17 heavy (non-hydrogen) atoms. The average molecular weight is 239 g/mol. The Balaban J connectivity index is 2.91. The van der Waals surface area contributed by atoms with Crippen LogP contribution in [0.5, 0.6) is 0 Å². The minimum atomic E-state index is -0.355. The number of amides is 2. The molecule has 98 valence electrons. The van der Waals surface area contributed by atoms with Crippen molar-refractivity contribution in [2.45, 2.75) is 59.9 Å². The molecule has 0 N–H and O–H groups in total. The van der Waals surface area contributed by atoms with Crippen molar-refractivity contribution in [1.82, 2.24) is 4.90 Å². The molecule has 0 aromatic carbocycles. The number of imide groups is 1. The zero-order valence-electron chi connectivity index (χ0n) is 11.9. The molecule has 0 spiro atoms. The second-order valence-corrected chi connectivity index (χ2v) is 6.53. The lowest BCUT2D eigenvalue weighted by Gasteiger charge is -2.35. The van der Waals surface area contributed by atoms with Gasteiger partial charge >= 0.3 is 0 Å². The maximum Gasteiger partial charge on any atom is 0.233 e. The second kappa shape index (κ2) is 4.79. The predicted molar refractivity (Wildman–Crippen MR) is 68.3 cm³/mol. The van der Waals surface area contributed by atoms with Crippen LogP contribution in [0, 0.1) is 17.8 Å². The van der Waals surface area contributed by atoms with Crippen LogP contribution in [0.1, 0.15) is 54.4 Å². The van der Waals surface area contributed by atoms with Crippen LogP contribution in [0.3, 0.4) is 0 Å². The fraction of sp³-hybridized carbons (Fsp3) is 0.857. The average Bonchev–Trinajstić information content (AvgIpc) is 2.39. The van der Waals surface area contributed by atoms with Crippen molar-refractivity contribution >= 4 is 11.8 Å². The lowest BCUT2D eigenvalue weighted by molar-refractivity contribution is -0.146. The summed E-state index contributed by atoms with van der Waals surface area (Å²) >= 11 is 0. The van der Waals surface area contributed by atoms with Gasteiger partial charge in [0, 0.05) is 17.9 Å². The molecular formula is C14H25NO2. The molecule has 3 nitrogen and oxygen atoms in total. The molecular weight excluding hydrogens is 214 g/mol. The molecule has 1 saturated heterocycles. The third-order valence-corrected chi connectivity index (χ3v) is 3.50. The third kappa shape index (κ3) is 2.88. The number of hydrogen-bond acceptors (Lipinski definition) is 2. The van der Waals surface area contributed by atoms with Crippen LogP contribution in [0.25, 0.3) is 0 Å². The van der Waals surface area contributed by atoms with E-state index in [-0.39, 0.29) is 29.2 Å². The van der Waals surface area contributed by atoms with Crippen molar-refractivity contribution < 1.29 is 9.59 Å². The van der Waals surface area contributed by atoms with E-state index in [1.165, 1.54) is 4.90 Å². The van der Waals surface area contributed by atoms with Gasteiger partial charge in [0.25, 0.3) is 0 Å². The highest BCUT2D eigenvalue weighted by Gasteiger charge is 2.46. The molecule has 1 rings (SSSR count). The molecule has 0 aromatic heterocycles. The van der Waals surface area contributed by atoms with E-state index in [2.05, 4.69) is 13.8 Å². The fourth-order valence-corrected chi connectivity index (χ4v) is 2.90. The highest BCUT2D eigenvalue weighted by molar-refractivity contribution is 6.04. The van der Waals surface area contributed by atoms with E-state index >= 15 is 0 Å². The van der Waals surface area contributed by atoms with Gasteiger partial charge in [-0.15, -0.1) is 0 Å². The standard InChI is InChI=1S/C14H25NO2/c1-9(2)8-14(5,6)15-12(16)7-11(10(3)4)13(15)17/h9-11H,7-8H2,1-6H3. The zero-order valence-corrected chi connectivity index (χ0v) is 11.9. The first-order valence-electron chi connectivity index (χ1n) is 6.53. The summed E-state index contributed by atoms with van der Waals surface area (Å²) in [4.78, 5) is 25.8. The van der Waals surface area contributed by atoms with Gasteiger partial charge in [0.2, 0.25) is 11.8 Å². The molecule has 0 aromatic rings. The minimum absolute atomic E-state index is 0.000602. The fourth-order valence-electron chi connectivity index (χ4n) is 2.90. The van der Waals surface area contributed by atoms with Crippen LogP contribution in [0.4, 0.5) is 0 Å². The largest absolute Gasteiger partial charge is 0.277 e. The highest BCUT2D eigenvalue weighted by Crippen LogP contribution is 2.34. The van der Waals surface area contributed by atoms with Gasteiger partial charge in [0.15, 0.2) is 0 Å². The summed E-state index contributed by atoms with van der Waals surface area (Å²) in [5.74, 6) is 0.624. The number of hydrogen-bond donors (Lipinski definition) is 0. The van der Waals surface area contributed by atoms with E-state index < -0.39 is 0 Å². The Hall–Kier alpha value is -0.860. The molecule has 3 heteroatoms. The molecule has 0 aliphatic carbocycles. The molecule has 1 unspecified atom stereocenters. The van der Waals surface area contributed by atoms with Gasteiger partial charge in [-0.25, -0.2) is 0 Å². The molecule has 1 heterocycles. The topological polar surface area (TPSA) is 37.4 Å². The SMILES string of the molecule is CC(C)CC(C)(C)N1C(=O)CC(C(C)C)C1=O. The molecule has 1 atom stereocenters. The Bertz CT molecular complexity index is 318. The van der Waals surface area contributed by atoms with Crippen LogP contribution in [-0.2, 0) is 9.59 Å². The van der Waals surface area contributed by atoms with Gasteiger partial charge < -0.3 is 0 Å². The van der Waals surface area contributed by atoms with Gasteiger partial charge in [-0.2, -0.15) is 0 Å². The van der Waals surface area contributed by atoms with Crippen molar-refractivity contribution in [2.75, 3.05) is 0 Å². The summed E-state index contributed by atoms with van der Waals surface area (Å²) < 4.78 is 0. The molecule has 0 saturated carbocycles. The number of nitrogens with zero attached hydrogens (tertiary/aromatic N) is 1. The third-order valence-electron chi connectivity index (χ3n) is 3.50. The highest BCUT2D eigenvalue weighted by atomic mass is 16.2. The summed E-state index contributed by atoms with van der Waals surface area (Å²) in [6.45, 7) is 12.2. The van der Waals surface area contributed by atoms with Gasteiger partial charge in [-0.05, 0) is 32.1 Å². The van der Waals surface area contributed by atoms with Crippen LogP contribution < -0.4 is 0 Å². The van der Waals surface area contributed by atoms with Crippen LogP contribution >= 0.6 is 0 Å². The van der Waals surface area contributed by atoms with E-state index in [9.17, 15) is 9.59 Å². The summed E-state index contributed by atoms with van der Waals surface area (Å²) in [6.07, 6.45) is 1.24. The zero-order chi connectivity index (χ0) is 13.4. The van der Waals surface area contributed by atoms with Crippen molar-refractivity contribution in [2.24, 2.45) is 17.8 Å². The number of carbonyl (C=O) groups excluding carboxylic acids is 2. The normalized spacial score (nSPS) is 22.1. The van der Waals surface area contributed by atoms with Crippen molar-refractivity contribution in [3.8, 4) is 0 Å². The maximum absolute atomic E-state index is 12.3. The Kier molecular flexibility index (Phi) is 4.00. The smallest absolute Gasteiger partial charge is 0.233 e. The van der Waals surface area contributed by atoms with Crippen LogP contribution in [-0.4, -0.2) is 22.3 Å². The minimum Gasteiger partial charge on any atom is -0.277 e. The molecule has 0 bridgehead atoms. The molecule has 1 fully saturated rings. The van der Waals surface area contributed by atoms with E-state index in [0.29, 0.717) is 12.3 Å². The Morgan fingerprint density at radius 2 is 1.76 bits per heavy atom. The predicted octanol–water partition coefficient (Wildman–Crippen LogP) is 2.84. The molecule has 1 aliphatic heterocycles. The van der Waals surface area contributed by atoms with E-state index in [0.717, 1.165) is 6.42 Å². The maximum atomic E-state index is 12.3. The number of carbonyl (C=O) groups is 2. The first-order valence-corrected chi connectivity index (χ1v) is 6.53. The van der Waals surface area contributed by atoms with Crippen molar-refractivity contribution in [3.05, 3.63) is 0 Å². The Morgan fingerprint density at radius 1 is 1.24 bits per heavy atom. The Labute approximate surface area is 105 Å². The number of rotatable bonds is 4.